The van der Waals surface area contributed by atoms with E-state index >= 15 is 0 Å². The number of hydrogen-bond donors (Lipinski definition) is 1. The Kier molecular flexibility index (Phi) is 4.43. The van der Waals surface area contributed by atoms with E-state index < -0.39 is 0 Å². The van der Waals surface area contributed by atoms with Crippen LogP contribution in [-0.2, 0) is 4.79 Å². The number of amides is 1. The van der Waals surface area contributed by atoms with Crippen molar-refractivity contribution in [1.29, 1.82) is 0 Å². The zero-order valence-electron chi connectivity index (χ0n) is 10.9. The van der Waals surface area contributed by atoms with E-state index in [9.17, 15) is 9.90 Å². The maximum Gasteiger partial charge on any atom is 0.225 e. The topological polar surface area (TPSA) is 40.5 Å². The average Bonchev–Trinajstić information content (AvgIpc) is 2.76. The highest BCUT2D eigenvalue weighted by molar-refractivity contribution is 5.78. The first-order valence-corrected chi connectivity index (χ1v) is 7.13. The molecule has 0 aromatic heterocycles. The molecule has 1 saturated heterocycles. The molecule has 1 heterocycles. The summed E-state index contributed by atoms with van der Waals surface area (Å²) in [5.41, 5.74) is 0. The third kappa shape index (κ3) is 3.44. The van der Waals surface area contributed by atoms with Crippen molar-refractivity contribution < 1.29 is 9.90 Å². The number of aliphatic hydroxyl groups is 1. The van der Waals surface area contributed by atoms with Gasteiger partial charge in [-0.2, -0.15) is 0 Å². The molecule has 0 bridgehead atoms. The smallest absolute Gasteiger partial charge is 0.225 e. The van der Waals surface area contributed by atoms with Crippen LogP contribution in [0.15, 0.2) is 0 Å². The number of likely N-dealkylation sites (tertiary alicyclic amines) is 1. The lowest BCUT2D eigenvalue weighted by atomic mass is 9.83. The summed E-state index contributed by atoms with van der Waals surface area (Å²) < 4.78 is 0. The van der Waals surface area contributed by atoms with Crippen molar-refractivity contribution in [2.75, 3.05) is 13.1 Å². The van der Waals surface area contributed by atoms with Gasteiger partial charge in [0.15, 0.2) is 0 Å². The molecule has 2 rings (SSSR count). The second-order valence-corrected chi connectivity index (χ2v) is 5.87. The normalized spacial score (nSPS) is 28.4. The molecule has 1 amide bonds. The highest BCUT2D eigenvalue weighted by Gasteiger charge is 2.29. The standard InChI is InChI=1S/C14H25NO2/c1-11(9-12-5-3-2-4-6-12)14(17)15-8-7-13(16)10-15/h11-13,16H,2-10H2,1H3/t11?,13-/m1/s1. The molecule has 1 unspecified atom stereocenters. The zero-order valence-corrected chi connectivity index (χ0v) is 10.9. The second-order valence-electron chi connectivity index (χ2n) is 5.87. The Morgan fingerprint density at radius 3 is 2.59 bits per heavy atom. The first-order chi connectivity index (χ1) is 8.16. The lowest BCUT2D eigenvalue weighted by Gasteiger charge is -2.26. The van der Waals surface area contributed by atoms with E-state index in [1.54, 1.807) is 0 Å². The number of carbonyl (C=O) groups is 1. The van der Waals surface area contributed by atoms with Gasteiger partial charge in [-0.15, -0.1) is 0 Å². The molecule has 0 radical (unpaired) electrons. The Hall–Kier alpha value is -0.570. The van der Waals surface area contributed by atoms with Crippen LogP contribution in [0.5, 0.6) is 0 Å². The van der Waals surface area contributed by atoms with Gasteiger partial charge in [0.1, 0.15) is 0 Å². The minimum Gasteiger partial charge on any atom is -0.391 e. The fourth-order valence-electron chi connectivity index (χ4n) is 3.28. The number of β-amino-alcohol motifs (C(OH)–C–C–N with tert-alkyl or cyclic N) is 1. The predicted molar refractivity (Wildman–Crippen MR) is 67.6 cm³/mol. The molecule has 3 nitrogen and oxygen atoms in total. The molecule has 0 aromatic carbocycles. The fourth-order valence-corrected chi connectivity index (χ4v) is 3.28. The Morgan fingerprint density at radius 1 is 1.29 bits per heavy atom. The van der Waals surface area contributed by atoms with E-state index in [0.717, 1.165) is 25.3 Å². The van der Waals surface area contributed by atoms with E-state index in [2.05, 4.69) is 6.92 Å². The molecule has 2 fully saturated rings. The van der Waals surface area contributed by atoms with E-state index in [-0.39, 0.29) is 17.9 Å². The molecular formula is C14H25NO2. The molecule has 1 saturated carbocycles. The lowest BCUT2D eigenvalue weighted by Crippen LogP contribution is -2.34. The third-order valence-electron chi connectivity index (χ3n) is 4.31. The van der Waals surface area contributed by atoms with E-state index in [4.69, 9.17) is 0 Å². The highest BCUT2D eigenvalue weighted by Crippen LogP contribution is 2.30. The zero-order chi connectivity index (χ0) is 12.3. The van der Waals surface area contributed by atoms with Crippen LogP contribution >= 0.6 is 0 Å². The summed E-state index contributed by atoms with van der Waals surface area (Å²) in [5, 5.41) is 9.46. The fraction of sp³-hybridized carbons (Fsp3) is 0.929. The molecule has 2 aliphatic rings. The van der Waals surface area contributed by atoms with Crippen LogP contribution in [0.4, 0.5) is 0 Å². The van der Waals surface area contributed by atoms with Crippen LogP contribution in [0.3, 0.4) is 0 Å². The van der Waals surface area contributed by atoms with Crippen LogP contribution in [0.25, 0.3) is 0 Å². The largest absolute Gasteiger partial charge is 0.391 e. The highest BCUT2D eigenvalue weighted by atomic mass is 16.3. The number of carbonyl (C=O) groups excluding carboxylic acids is 1. The minimum absolute atomic E-state index is 0.142. The number of nitrogens with zero attached hydrogens (tertiary/aromatic N) is 1. The van der Waals surface area contributed by atoms with Gasteiger partial charge < -0.3 is 10.0 Å². The Bertz CT molecular complexity index is 261. The maximum atomic E-state index is 12.2. The molecule has 0 aromatic rings. The van der Waals surface area contributed by atoms with Crippen molar-refractivity contribution in [1.82, 2.24) is 4.90 Å². The number of hydrogen-bond acceptors (Lipinski definition) is 2. The SMILES string of the molecule is CC(CC1CCCCC1)C(=O)N1CC[C@@H](O)C1. The summed E-state index contributed by atoms with van der Waals surface area (Å²) in [5.74, 6) is 1.16. The third-order valence-corrected chi connectivity index (χ3v) is 4.31. The first-order valence-electron chi connectivity index (χ1n) is 7.13. The first kappa shape index (κ1) is 12.9. The van der Waals surface area contributed by atoms with Crippen molar-refractivity contribution >= 4 is 5.91 Å². The van der Waals surface area contributed by atoms with Crippen LogP contribution in [0.1, 0.15) is 51.9 Å². The predicted octanol–water partition coefficient (Wildman–Crippen LogP) is 2.19. The van der Waals surface area contributed by atoms with Gasteiger partial charge in [0.25, 0.3) is 0 Å². The average molecular weight is 239 g/mol. The van der Waals surface area contributed by atoms with Gasteiger partial charge in [-0.1, -0.05) is 39.0 Å². The van der Waals surface area contributed by atoms with Gasteiger partial charge in [0, 0.05) is 19.0 Å². The van der Waals surface area contributed by atoms with Gasteiger partial charge in [0.2, 0.25) is 5.91 Å². The van der Waals surface area contributed by atoms with Crippen LogP contribution in [0.2, 0.25) is 0 Å². The van der Waals surface area contributed by atoms with E-state index in [1.807, 2.05) is 4.90 Å². The van der Waals surface area contributed by atoms with Crippen molar-refractivity contribution in [2.24, 2.45) is 11.8 Å². The molecule has 1 aliphatic carbocycles. The summed E-state index contributed by atoms with van der Waals surface area (Å²) in [6.07, 6.45) is 8.17. The van der Waals surface area contributed by atoms with Gasteiger partial charge >= 0.3 is 0 Å². The Morgan fingerprint density at radius 2 is 2.00 bits per heavy atom. The summed E-state index contributed by atoms with van der Waals surface area (Å²) in [6, 6.07) is 0. The monoisotopic (exact) mass is 239 g/mol. The van der Waals surface area contributed by atoms with Gasteiger partial charge in [-0.3, -0.25) is 4.79 Å². The second kappa shape index (κ2) is 5.85. The van der Waals surface area contributed by atoms with Crippen molar-refractivity contribution in [3.05, 3.63) is 0 Å². The number of aliphatic hydroxyl groups excluding tert-OH is 1. The Balaban J connectivity index is 1.78. The molecule has 1 aliphatic heterocycles. The quantitative estimate of drug-likeness (QED) is 0.820. The molecule has 98 valence electrons. The molecule has 0 spiro atoms. The van der Waals surface area contributed by atoms with E-state index in [1.165, 1.54) is 32.1 Å². The molecule has 3 heteroatoms. The van der Waals surface area contributed by atoms with Gasteiger partial charge in [0.05, 0.1) is 6.10 Å². The van der Waals surface area contributed by atoms with Crippen molar-refractivity contribution in [3.63, 3.8) is 0 Å². The Labute approximate surface area is 104 Å². The lowest BCUT2D eigenvalue weighted by molar-refractivity contribution is -0.134. The van der Waals surface area contributed by atoms with Crippen molar-refractivity contribution in [2.45, 2.75) is 58.0 Å². The minimum atomic E-state index is -0.291. The van der Waals surface area contributed by atoms with Crippen LogP contribution in [0, 0.1) is 11.8 Å². The summed E-state index contributed by atoms with van der Waals surface area (Å²) in [4.78, 5) is 14.0. The van der Waals surface area contributed by atoms with Gasteiger partial charge in [-0.05, 0) is 18.8 Å². The van der Waals surface area contributed by atoms with Crippen LogP contribution in [-0.4, -0.2) is 35.1 Å². The van der Waals surface area contributed by atoms with E-state index in [0.29, 0.717) is 6.54 Å². The van der Waals surface area contributed by atoms with Crippen molar-refractivity contribution in [3.8, 4) is 0 Å². The molecular weight excluding hydrogens is 214 g/mol. The summed E-state index contributed by atoms with van der Waals surface area (Å²) in [6.45, 7) is 3.35. The van der Waals surface area contributed by atoms with Crippen LogP contribution < -0.4 is 0 Å². The maximum absolute atomic E-state index is 12.2. The summed E-state index contributed by atoms with van der Waals surface area (Å²) in [7, 11) is 0. The molecule has 1 N–H and O–H groups in total. The molecule has 2 atom stereocenters. The molecule has 17 heavy (non-hydrogen) atoms. The van der Waals surface area contributed by atoms with Gasteiger partial charge in [-0.25, -0.2) is 0 Å². The number of rotatable bonds is 3. The summed E-state index contributed by atoms with van der Waals surface area (Å²) >= 11 is 0.